The summed E-state index contributed by atoms with van der Waals surface area (Å²) in [6.07, 6.45) is 3.51. The monoisotopic (exact) mass is 227 g/mol. The molecule has 0 spiro atoms. The van der Waals surface area contributed by atoms with Gasteiger partial charge < -0.3 is 15.2 Å². The Balaban J connectivity index is 1.76. The van der Waals surface area contributed by atoms with Gasteiger partial charge in [-0.2, -0.15) is 0 Å². The second-order valence-electron chi connectivity index (χ2n) is 5.90. The Morgan fingerprint density at radius 1 is 1.44 bits per heavy atom. The number of aliphatic hydroxyl groups is 1. The molecule has 4 atom stereocenters. The third kappa shape index (κ3) is 2.13. The van der Waals surface area contributed by atoms with Gasteiger partial charge in [0, 0.05) is 24.6 Å². The molecule has 2 aliphatic rings. The van der Waals surface area contributed by atoms with Gasteiger partial charge in [0.15, 0.2) is 0 Å². The van der Waals surface area contributed by atoms with Crippen molar-refractivity contribution in [3.8, 4) is 0 Å². The van der Waals surface area contributed by atoms with Gasteiger partial charge in [-0.25, -0.2) is 0 Å². The maximum atomic E-state index is 9.67. The zero-order chi connectivity index (χ0) is 11.8. The highest BCUT2D eigenvalue weighted by atomic mass is 16.5. The van der Waals surface area contributed by atoms with Gasteiger partial charge in [0.05, 0.1) is 12.2 Å². The molecule has 2 N–H and O–H groups in total. The van der Waals surface area contributed by atoms with E-state index < -0.39 is 0 Å². The molecule has 1 aliphatic carbocycles. The van der Waals surface area contributed by atoms with E-state index in [0.29, 0.717) is 18.1 Å². The summed E-state index contributed by atoms with van der Waals surface area (Å²) in [6.45, 7) is 8.43. The van der Waals surface area contributed by atoms with Crippen LogP contribution in [0.15, 0.2) is 0 Å². The standard InChI is InChI=1S/C13H25NO2/c1-4-10-9(5-6-16-10)8-14-11-7-12(15)13(11,2)3/h9-12,14-15H,4-8H2,1-3H3. The average molecular weight is 227 g/mol. The van der Waals surface area contributed by atoms with Crippen molar-refractivity contribution in [1.29, 1.82) is 0 Å². The van der Waals surface area contributed by atoms with Gasteiger partial charge in [-0.1, -0.05) is 20.8 Å². The van der Waals surface area contributed by atoms with Gasteiger partial charge in [0.25, 0.3) is 0 Å². The van der Waals surface area contributed by atoms with Crippen molar-refractivity contribution in [2.75, 3.05) is 13.2 Å². The van der Waals surface area contributed by atoms with Crippen molar-refractivity contribution in [3.05, 3.63) is 0 Å². The number of aliphatic hydroxyl groups excluding tert-OH is 1. The normalized spacial score (nSPS) is 42.0. The number of nitrogens with one attached hydrogen (secondary N) is 1. The molecule has 16 heavy (non-hydrogen) atoms. The molecule has 2 fully saturated rings. The van der Waals surface area contributed by atoms with E-state index in [4.69, 9.17) is 4.74 Å². The maximum Gasteiger partial charge on any atom is 0.0621 e. The van der Waals surface area contributed by atoms with E-state index in [9.17, 15) is 5.11 Å². The van der Waals surface area contributed by atoms with Crippen molar-refractivity contribution >= 4 is 0 Å². The van der Waals surface area contributed by atoms with Crippen LogP contribution in [0.1, 0.15) is 40.0 Å². The minimum atomic E-state index is -0.133. The van der Waals surface area contributed by atoms with Crippen LogP contribution < -0.4 is 5.32 Å². The van der Waals surface area contributed by atoms with Crippen LogP contribution in [-0.2, 0) is 4.74 Å². The molecule has 0 aromatic carbocycles. The van der Waals surface area contributed by atoms with E-state index in [-0.39, 0.29) is 11.5 Å². The molecule has 94 valence electrons. The fraction of sp³-hybridized carbons (Fsp3) is 1.00. The van der Waals surface area contributed by atoms with Crippen LogP contribution in [0.4, 0.5) is 0 Å². The highest BCUT2D eigenvalue weighted by Crippen LogP contribution is 2.40. The smallest absolute Gasteiger partial charge is 0.0621 e. The zero-order valence-corrected chi connectivity index (χ0v) is 10.7. The Kier molecular flexibility index (Phi) is 3.57. The first kappa shape index (κ1) is 12.3. The molecular formula is C13H25NO2. The second-order valence-corrected chi connectivity index (χ2v) is 5.90. The molecule has 0 aromatic heterocycles. The van der Waals surface area contributed by atoms with E-state index in [0.717, 1.165) is 26.0 Å². The molecule has 1 heterocycles. The first-order valence-electron chi connectivity index (χ1n) is 6.58. The highest BCUT2D eigenvalue weighted by Gasteiger charge is 2.47. The summed E-state index contributed by atoms with van der Waals surface area (Å²) in [5, 5.41) is 13.3. The van der Waals surface area contributed by atoms with Crippen LogP contribution in [0.5, 0.6) is 0 Å². The lowest BCUT2D eigenvalue weighted by atomic mass is 9.64. The SMILES string of the molecule is CCC1OCCC1CNC1CC(O)C1(C)C. The van der Waals surface area contributed by atoms with Gasteiger partial charge in [0.2, 0.25) is 0 Å². The van der Waals surface area contributed by atoms with Crippen molar-refractivity contribution in [3.63, 3.8) is 0 Å². The number of hydrogen-bond donors (Lipinski definition) is 2. The van der Waals surface area contributed by atoms with Crippen LogP contribution in [0.25, 0.3) is 0 Å². The summed E-state index contributed by atoms with van der Waals surface area (Å²) in [6, 6.07) is 0.473. The molecule has 1 saturated heterocycles. The number of rotatable bonds is 4. The Morgan fingerprint density at radius 2 is 2.19 bits per heavy atom. The van der Waals surface area contributed by atoms with Gasteiger partial charge in [-0.05, 0) is 25.2 Å². The van der Waals surface area contributed by atoms with Crippen molar-refractivity contribution in [2.45, 2.75) is 58.3 Å². The van der Waals surface area contributed by atoms with Crippen LogP contribution in [0, 0.1) is 11.3 Å². The Bertz CT molecular complexity index is 240. The van der Waals surface area contributed by atoms with Crippen LogP contribution in [-0.4, -0.2) is 36.5 Å². The van der Waals surface area contributed by atoms with E-state index in [2.05, 4.69) is 26.1 Å². The molecule has 0 aromatic rings. The Hall–Kier alpha value is -0.120. The quantitative estimate of drug-likeness (QED) is 0.765. The van der Waals surface area contributed by atoms with Crippen molar-refractivity contribution < 1.29 is 9.84 Å². The lowest BCUT2D eigenvalue weighted by Gasteiger charge is -2.50. The maximum absolute atomic E-state index is 9.67. The van der Waals surface area contributed by atoms with Crippen LogP contribution in [0.3, 0.4) is 0 Å². The molecular weight excluding hydrogens is 202 g/mol. The minimum Gasteiger partial charge on any atom is -0.392 e. The largest absolute Gasteiger partial charge is 0.392 e. The first-order chi connectivity index (χ1) is 7.55. The van der Waals surface area contributed by atoms with E-state index in [1.54, 1.807) is 0 Å². The average Bonchev–Trinajstić information content (AvgIpc) is 2.71. The van der Waals surface area contributed by atoms with Gasteiger partial charge in [-0.3, -0.25) is 0 Å². The highest BCUT2D eigenvalue weighted by molar-refractivity contribution is 5.02. The third-order valence-electron chi connectivity index (χ3n) is 4.59. The molecule has 3 heteroatoms. The third-order valence-corrected chi connectivity index (χ3v) is 4.59. The second kappa shape index (κ2) is 4.63. The Labute approximate surface area is 98.6 Å². The van der Waals surface area contributed by atoms with Crippen molar-refractivity contribution in [2.24, 2.45) is 11.3 Å². The van der Waals surface area contributed by atoms with Gasteiger partial charge >= 0.3 is 0 Å². The summed E-state index contributed by atoms with van der Waals surface area (Å²) in [7, 11) is 0. The summed E-state index contributed by atoms with van der Waals surface area (Å²) in [4.78, 5) is 0. The lowest BCUT2D eigenvalue weighted by Crippen LogP contribution is -2.60. The predicted molar refractivity (Wildman–Crippen MR) is 64.3 cm³/mol. The first-order valence-corrected chi connectivity index (χ1v) is 6.58. The van der Waals surface area contributed by atoms with Crippen molar-refractivity contribution in [1.82, 2.24) is 5.32 Å². The van der Waals surface area contributed by atoms with E-state index >= 15 is 0 Å². The molecule has 2 rings (SSSR count). The summed E-state index contributed by atoms with van der Waals surface area (Å²) in [5.41, 5.74) is 0.0428. The predicted octanol–water partition coefficient (Wildman–Crippen LogP) is 1.55. The molecule has 1 saturated carbocycles. The summed E-state index contributed by atoms with van der Waals surface area (Å²) >= 11 is 0. The molecule has 3 nitrogen and oxygen atoms in total. The van der Waals surface area contributed by atoms with E-state index in [1.807, 2.05) is 0 Å². The molecule has 0 radical (unpaired) electrons. The molecule has 1 aliphatic heterocycles. The topological polar surface area (TPSA) is 41.5 Å². The molecule has 0 amide bonds. The lowest BCUT2D eigenvalue weighted by molar-refractivity contribution is -0.0739. The zero-order valence-electron chi connectivity index (χ0n) is 10.7. The van der Waals surface area contributed by atoms with Gasteiger partial charge in [0.1, 0.15) is 0 Å². The number of hydrogen-bond acceptors (Lipinski definition) is 3. The molecule has 4 unspecified atom stereocenters. The fourth-order valence-electron chi connectivity index (χ4n) is 2.92. The van der Waals surface area contributed by atoms with Crippen LogP contribution >= 0.6 is 0 Å². The summed E-state index contributed by atoms with van der Waals surface area (Å²) < 4.78 is 5.68. The number of ether oxygens (including phenoxy) is 1. The summed E-state index contributed by atoms with van der Waals surface area (Å²) in [5.74, 6) is 0.665. The fourth-order valence-corrected chi connectivity index (χ4v) is 2.92. The van der Waals surface area contributed by atoms with Crippen LogP contribution in [0.2, 0.25) is 0 Å². The van der Waals surface area contributed by atoms with E-state index in [1.165, 1.54) is 6.42 Å². The Morgan fingerprint density at radius 3 is 2.75 bits per heavy atom. The minimum absolute atomic E-state index is 0.0428. The van der Waals surface area contributed by atoms with Gasteiger partial charge in [-0.15, -0.1) is 0 Å². The molecule has 0 bridgehead atoms.